The standard InChI is InChI=1S/C15H18BrNO/c1-3-17-15(13-9-10-14(16)18-13)11(2)12-7-5-4-6-8-12/h4-11,15,17H,3H2,1-2H3. The summed E-state index contributed by atoms with van der Waals surface area (Å²) in [4.78, 5) is 0. The first-order valence-electron chi connectivity index (χ1n) is 6.26. The molecule has 0 saturated heterocycles. The van der Waals surface area contributed by atoms with Crippen molar-refractivity contribution >= 4 is 15.9 Å². The quantitative estimate of drug-likeness (QED) is 0.880. The molecule has 96 valence electrons. The molecular formula is C15H18BrNO. The second kappa shape index (κ2) is 6.21. The van der Waals surface area contributed by atoms with E-state index in [1.807, 2.05) is 18.2 Å². The van der Waals surface area contributed by atoms with Gasteiger partial charge in [0.2, 0.25) is 0 Å². The summed E-state index contributed by atoms with van der Waals surface area (Å²) in [5.41, 5.74) is 1.32. The zero-order chi connectivity index (χ0) is 13.0. The molecule has 1 aromatic carbocycles. The molecule has 0 spiro atoms. The SMILES string of the molecule is CCNC(c1ccc(Br)o1)C(C)c1ccccc1. The molecule has 0 fully saturated rings. The third kappa shape index (κ3) is 3.03. The highest BCUT2D eigenvalue weighted by Gasteiger charge is 2.22. The predicted molar refractivity (Wildman–Crippen MR) is 77.7 cm³/mol. The van der Waals surface area contributed by atoms with E-state index in [1.165, 1.54) is 5.56 Å². The highest BCUT2D eigenvalue weighted by atomic mass is 79.9. The van der Waals surface area contributed by atoms with Crippen LogP contribution in [0.3, 0.4) is 0 Å². The largest absolute Gasteiger partial charge is 0.453 e. The maximum atomic E-state index is 5.69. The zero-order valence-corrected chi connectivity index (χ0v) is 12.3. The average Bonchev–Trinajstić information content (AvgIpc) is 2.82. The van der Waals surface area contributed by atoms with Gasteiger partial charge in [-0.1, -0.05) is 44.2 Å². The number of likely N-dealkylation sites (N-methyl/N-ethyl adjacent to an activating group) is 1. The summed E-state index contributed by atoms with van der Waals surface area (Å²) in [6.45, 7) is 5.25. The highest BCUT2D eigenvalue weighted by molar-refractivity contribution is 9.10. The monoisotopic (exact) mass is 307 g/mol. The summed E-state index contributed by atoms with van der Waals surface area (Å²) in [5.74, 6) is 1.34. The van der Waals surface area contributed by atoms with Crippen molar-refractivity contribution in [3.05, 3.63) is 58.5 Å². The van der Waals surface area contributed by atoms with Crippen molar-refractivity contribution < 1.29 is 4.42 Å². The summed E-state index contributed by atoms with van der Waals surface area (Å²) in [6.07, 6.45) is 0. The summed E-state index contributed by atoms with van der Waals surface area (Å²) >= 11 is 3.36. The van der Waals surface area contributed by atoms with Gasteiger partial charge in [0.1, 0.15) is 5.76 Å². The molecular weight excluding hydrogens is 290 g/mol. The van der Waals surface area contributed by atoms with Gasteiger partial charge in [-0.3, -0.25) is 0 Å². The van der Waals surface area contributed by atoms with E-state index in [9.17, 15) is 0 Å². The molecule has 0 aliphatic heterocycles. The van der Waals surface area contributed by atoms with Gasteiger partial charge in [-0.2, -0.15) is 0 Å². The van der Waals surface area contributed by atoms with E-state index in [-0.39, 0.29) is 6.04 Å². The Bertz CT molecular complexity index is 480. The molecule has 2 rings (SSSR count). The summed E-state index contributed by atoms with van der Waals surface area (Å²) in [5, 5.41) is 3.50. The van der Waals surface area contributed by atoms with Gasteiger partial charge in [0.25, 0.3) is 0 Å². The van der Waals surface area contributed by atoms with Gasteiger partial charge in [0.05, 0.1) is 6.04 Å². The lowest BCUT2D eigenvalue weighted by atomic mass is 9.92. The number of rotatable bonds is 5. The molecule has 2 unspecified atom stereocenters. The van der Waals surface area contributed by atoms with E-state index in [0.717, 1.165) is 17.0 Å². The topological polar surface area (TPSA) is 25.2 Å². The molecule has 0 saturated carbocycles. The summed E-state index contributed by atoms with van der Waals surface area (Å²) in [6, 6.07) is 14.7. The van der Waals surface area contributed by atoms with Crippen molar-refractivity contribution in [1.82, 2.24) is 5.32 Å². The second-order valence-corrected chi connectivity index (χ2v) is 5.16. The van der Waals surface area contributed by atoms with Gasteiger partial charge in [-0.25, -0.2) is 0 Å². The number of hydrogen-bond donors (Lipinski definition) is 1. The van der Waals surface area contributed by atoms with E-state index in [1.54, 1.807) is 0 Å². The Labute approximate surface area is 117 Å². The Morgan fingerprint density at radius 1 is 1.17 bits per heavy atom. The Balaban J connectivity index is 2.25. The number of benzene rings is 1. The molecule has 2 nitrogen and oxygen atoms in total. The highest BCUT2D eigenvalue weighted by Crippen LogP contribution is 2.32. The van der Waals surface area contributed by atoms with Crippen LogP contribution in [0.1, 0.15) is 37.1 Å². The normalized spacial score (nSPS) is 14.4. The van der Waals surface area contributed by atoms with E-state index in [0.29, 0.717) is 5.92 Å². The van der Waals surface area contributed by atoms with Crippen LogP contribution >= 0.6 is 15.9 Å². The van der Waals surface area contributed by atoms with Crippen LogP contribution in [-0.2, 0) is 0 Å². The Morgan fingerprint density at radius 2 is 1.89 bits per heavy atom. The van der Waals surface area contributed by atoms with Crippen LogP contribution in [0.2, 0.25) is 0 Å². The molecule has 1 heterocycles. The Morgan fingerprint density at radius 3 is 2.44 bits per heavy atom. The van der Waals surface area contributed by atoms with Gasteiger partial charge in [0, 0.05) is 5.92 Å². The lowest BCUT2D eigenvalue weighted by molar-refractivity contribution is 0.373. The van der Waals surface area contributed by atoms with Crippen molar-refractivity contribution in [3.8, 4) is 0 Å². The third-order valence-corrected chi connectivity index (χ3v) is 3.58. The lowest BCUT2D eigenvalue weighted by Gasteiger charge is -2.23. The van der Waals surface area contributed by atoms with Crippen LogP contribution in [0, 0.1) is 0 Å². The third-order valence-electron chi connectivity index (χ3n) is 3.15. The molecule has 0 aliphatic rings. The van der Waals surface area contributed by atoms with Gasteiger partial charge in [-0.15, -0.1) is 0 Å². The predicted octanol–water partition coefficient (Wildman–Crippen LogP) is 4.50. The van der Waals surface area contributed by atoms with Gasteiger partial charge in [0.15, 0.2) is 4.67 Å². The maximum Gasteiger partial charge on any atom is 0.169 e. The summed E-state index contributed by atoms with van der Waals surface area (Å²) in [7, 11) is 0. The first-order valence-corrected chi connectivity index (χ1v) is 7.05. The Hall–Kier alpha value is -1.06. The number of hydrogen-bond acceptors (Lipinski definition) is 2. The molecule has 18 heavy (non-hydrogen) atoms. The van der Waals surface area contributed by atoms with Gasteiger partial charge < -0.3 is 9.73 Å². The first-order chi connectivity index (χ1) is 8.72. The van der Waals surface area contributed by atoms with E-state index >= 15 is 0 Å². The van der Waals surface area contributed by atoms with Crippen molar-refractivity contribution in [1.29, 1.82) is 0 Å². The smallest absolute Gasteiger partial charge is 0.169 e. The lowest BCUT2D eigenvalue weighted by Crippen LogP contribution is -2.25. The van der Waals surface area contributed by atoms with Crippen molar-refractivity contribution in [3.63, 3.8) is 0 Å². The van der Waals surface area contributed by atoms with E-state index in [2.05, 4.69) is 59.4 Å². The van der Waals surface area contributed by atoms with Crippen molar-refractivity contribution in [2.75, 3.05) is 6.54 Å². The number of nitrogens with one attached hydrogen (secondary N) is 1. The van der Waals surface area contributed by atoms with Crippen molar-refractivity contribution in [2.24, 2.45) is 0 Å². The molecule has 1 N–H and O–H groups in total. The van der Waals surface area contributed by atoms with Crippen LogP contribution in [0.25, 0.3) is 0 Å². The minimum absolute atomic E-state index is 0.198. The molecule has 2 aromatic rings. The van der Waals surface area contributed by atoms with Crippen LogP contribution in [0.5, 0.6) is 0 Å². The minimum atomic E-state index is 0.198. The first kappa shape index (κ1) is 13.4. The van der Waals surface area contributed by atoms with Crippen LogP contribution in [-0.4, -0.2) is 6.54 Å². The molecule has 0 radical (unpaired) electrons. The molecule has 0 bridgehead atoms. The fraction of sp³-hybridized carbons (Fsp3) is 0.333. The number of furan rings is 1. The average molecular weight is 308 g/mol. The molecule has 1 aromatic heterocycles. The second-order valence-electron chi connectivity index (χ2n) is 4.38. The summed E-state index contributed by atoms with van der Waals surface area (Å²) < 4.78 is 6.47. The van der Waals surface area contributed by atoms with Crippen molar-refractivity contribution in [2.45, 2.75) is 25.8 Å². The van der Waals surface area contributed by atoms with Crippen LogP contribution < -0.4 is 5.32 Å². The van der Waals surface area contributed by atoms with Gasteiger partial charge in [-0.05, 0) is 40.2 Å². The maximum absolute atomic E-state index is 5.69. The van der Waals surface area contributed by atoms with Crippen LogP contribution in [0.4, 0.5) is 0 Å². The van der Waals surface area contributed by atoms with E-state index in [4.69, 9.17) is 4.42 Å². The number of halogens is 1. The molecule has 0 aliphatic carbocycles. The fourth-order valence-electron chi connectivity index (χ4n) is 2.19. The molecule has 3 heteroatoms. The van der Waals surface area contributed by atoms with Crippen LogP contribution in [0.15, 0.2) is 51.6 Å². The molecule has 2 atom stereocenters. The van der Waals surface area contributed by atoms with Gasteiger partial charge >= 0.3 is 0 Å². The van der Waals surface area contributed by atoms with E-state index < -0.39 is 0 Å². The minimum Gasteiger partial charge on any atom is -0.453 e. The fourth-order valence-corrected chi connectivity index (χ4v) is 2.51. The molecule has 0 amide bonds. The Kier molecular flexibility index (Phi) is 4.61. The zero-order valence-electron chi connectivity index (χ0n) is 10.7.